The van der Waals surface area contributed by atoms with E-state index in [1.165, 1.54) is 55.3 Å². The van der Waals surface area contributed by atoms with Gasteiger partial charge >= 0.3 is 257 Å². The van der Waals surface area contributed by atoms with E-state index in [1.807, 2.05) is 0 Å². The first-order chi connectivity index (χ1) is 20.0. The molecule has 0 radical (unpaired) electrons. The summed E-state index contributed by atoms with van der Waals surface area (Å²) in [5.41, 5.74) is 17.7. The van der Waals surface area contributed by atoms with Crippen LogP contribution in [0.25, 0.3) is 51.3 Å². The van der Waals surface area contributed by atoms with Gasteiger partial charge < -0.3 is 24.8 Å². The van der Waals surface area contributed by atoms with Gasteiger partial charge in [-0.15, -0.1) is 0 Å². The maximum atomic E-state index is 2.58. The van der Waals surface area contributed by atoms with Crippen LogP contribution in [-0.4, -0.2) is 5.92 Å². The van der Waals surface area contributed by atoms with Crippen LogP contribution in [0.3, 0.4) is 0 Å². The molecule has 5 aromatic rings. The maximum Gasteiger partial charge on any atom is -1.00 e. The molecule has 3 aliphatic carbocycles. The maximum absolute atomic E-state index is 2.58. The van der Waals surface area contributed by atoms with Crippen molar-refractivity contribution in [2.75, 3.05) is 0 Å². The Balaban J connectivity index is 0.00000165. The molecule has 212 valence electrons. The Labute approximate surface area is 280 Å². The third-order valence-electron chi connectivity index (χ3n) is 9.40. The second-order valence-electron chi connectivity index (χ2n) is 12.5. The van der Waals surface area contributed by atoms with Crippen LogP contribution in [0.5, 0.6) is 0 Å². The van der Waals surface area contributed by atoms with E-state index in [0.717, 1.165) is 0 Å². The minimum atomic E-state index is -0.625. The molecule has 0 heterocycles. The normalized spacial score (nSPS) is 16.8. The van der Waals surface area contributed by atoms with E-state index in [2.05, 4.69) is 136 Å². The van der Waals surface area contributed by atoms with Crippen LogP contribution in [-0.2, 0) is 22.4 Å². The zero-order chi connectivity index (χ0) is 27.8. The van der Waals surface area contributed by atoms with Gasteiger partial charge in [-0.1, -0.05) is 0 Å². The molecule has 2 unspecified atom stereocenters. The van der Waals surface area contributed by atoms with Crippen molar-refractivity contribution in [3.05, 3.63) is 136 Å². The average molecular weight is 693 g/mol. The van der Waals surface area contributed by atoms with E-state index in [-0.39, 0.29) is 24.8 Å². The summed E-state index contributed by atoms with van der Waals surface area (Å²) in [4.78, 5) is 0. The molecule has 0 N–H and O–H groups in total. The summed E-state index contributed by atoms with van der Waals surface area (Å²) in [6, 6.07) is 35.1. The van der Waals surface area contributed by atoms with Gasteiger partial charge in [0.05, 0.1) is 0 Å². The van der Waals surface area contributed by atoms with E-state index in [4.69, 9.17) is 0 Å². The molecule has 4 heteroatoms. The first kappa shape index (κ1) is 30.5. The van der Waals surface area contributed by atoms with Crippen LogP contribution in [0, 0.1) is 5.92 Å². The Hall–Kier alpha value is -2.48. The Morgan fingerprint density at radius 3 is 2.05 bits per heavy atom. The number of fused-ring (bicyclic) bond motifs is 4. The third kappa shape index (κ3) is 4.72. The van der Waals surface area contributed by atoms with Crippen LogP contribution in [0.1, 0.15) is 62.3 Å². The van der Waals surface area contributed by atoms with Crippen molar-refractivity contribution in [3.8, 4) is 22.3 Å². The molecule has 0 nitrogen and oxygen atoms in total. The Morgan fingerprint density at radius 2 is 1.28 bits per heavy atom. The number of allylic oxidation sites excluding steroid dienone is 1. The fraction of sp³-hybridized carbons (Fsp3) is 0.179. The quantitative estimate of drug-likeness (QED) is 0.237. The van der Waals surface area contributed by atoms with Gasteiger partial charge in [0.25, 0.3) is 0 Å². The second kappa shape index (κ2) is 11.8. The molecule has 0 saturated carbocycles. The molecule has 8 rings (SSSR count). The van der Waals surface area contributed by atoms with Crippen LogP contribution in [0.15, 0.2) is 96.6 Å². The molecular formula is C39H34Cl2SiZr. The number of hydrogen-bond acceptors (Lipinski definition) is 0. The van der Waals surface area contributed by atoms with Gasteiger partial charge in [-0.25, -0.2) is 0 Å². The summed E-state index contributed by atoms with van der Waals surface area (Å²) in [5, 5.41) is 2.77. The molecule has 0 spiro atoms. The van der Waals surface area contributed by atoms with Crippen molar-refractivity contribution in [1.29, 1.82) is 0 Å². The second-order valence-corrected chi connectivity index (χ2v) is 27.5. The van der Waals surface area contributed by atoms with Crippen LogP contribution in [0.4, 0.5) is 0 Å². The summed E-state index contributed by atoms with van der Waals surface area (Å²) in [6.45, 7) is 9.95. The molecule has 0 bridgehead atoms. The van der Waals surface area contributed by atoms with Crippen molar-refractivity contribution >= 4 is 34.9 Å². The van der Waals surface area contributed by atoms with Gasteiger partial charge in [-0.05, 0) is 0 Å². The topological polar surface area (TPSA) is 0 Å². The van der Waals surface area contributed by atoms with Crippen molar-refractivity contribution in [2.24, 2.45) is 5.92 Å². The monoisotopic (exact) mass is 690 g/mol. The summed E-state index contributed by atoms with van der Waals surface area (Å²) < 4.78 is 0.678. The molecule has 0 aliphatic heterocycles. The van der Waals surface area contributed by atoms with Crippen molar-refractivity contribution < 1.29 is 47.2 Å². The zero-order valence-electron chi connectivity index (χ0n) is 25.0. The van der Waals surface area contributed by atoms with E-state index in [1.54, 1.807) is 22.3 Å². The van der Waals surface area contributed by atoms with Gasteiger partial charge in [0, 0.05) is 0 Å². The minimum absolute atomic E-state index is 0. The van der Waals surface area contributed by atoms with E-state index in [0.29, 0.717) is 15.5 Å². The minimum Gasteiger partial charge on any atom is -1.00 e. The molecule has 0 fully saturated rings. The fourth-order valence-electron chi connectivity index (χ4n) is 7.71. The fourth-order valence-corrected chi connectivity index (χ4v) is 17.6. The molecule has 43 heavy (non-hydrogen) atoms. The van der Waals surface area contributed by atoms with E-state index in [9.17, 15) is 0 Å². The first-order valence-corrected chi connectivity index (χ1v) is 23.6. The predicted octanol–water partition coefficient (Wildman–Crippen LogP) is 4.32. The molecule has 0 amide bonds. The third-order valence-corrected chi connectivity index (χ3v) is 19.2. The summed E-state index contributed by atoms with van der Waals surface area (Å²) in [7, 11) is 0. The van der Waals surface area contributed by atoms with Gasteiger partial charge in [-0.3, -0.25) is 0 Å². The zero-order valence-corrected chi connectivity index (χ0v) is 30.1. The standard InChI is InChI=1S/C37H27.C2H7Si.2ClH.Zr/c1-22(2)33-21-35-28(29-19-18-24-17-16-23-9-5-13-30(29)36(23)24)12-7-15-32(35)37(33)31-14-6-11-27-26-10-4-3-8-25(26)20-34(27)31;1-3-2;;;/h3-22,37H,1-2H3;3H,1-2H3;2*1H;/q;;;;+2/p-2. The molecule has 2 atom stereocenters. The summed E-state index contributed by atoms with van der Waals surface area (Å²) in [6.07, 6.45) is 7.09. The summed E-state index contributed by atoms with van der Waals surface area (Å²) in [5.74, 6) is 0.179. The number of rotatable bonds is 5. The average Bonchev–Trinajstić information content (AvgIpc) is 3.67. The van der Waals surface area contributed by atoms with Crippen molar-refractivity contribution in [1.82, 2.24) is 0 Å². The SMILES string of the molecule is CC(C)C1=Cc2c(-c3ccc4c5c(cccc35)C=C4)cccc2C1c1cccc2c1[CH]([Zr+2][SiH](C)C)c1ccccc1-2.[Cl-].[Cl-]. The van der Waals surface area contributed by atoms with E-state index >= 15 is 0 Å². The van der Waals surface area contributed by atoms with Crippen LogP contribution >= 0.6 is 0 Å². The number of benzene rings is 5. The summed E-state index contributed by atoms with van der Waals surface area (Å²) >= 11 is -0.560. The Kier molecular flexibility index (Phi) is 8.38. The molecule has 5 aromatic carbocycles. The Bertz CT molecular complexity index is 1940. The largest absolute Gasteiger partial charge is 1.00 e. The molecule has 0 aromatic heterocycles. The Morgan fingerprint density at radius 1 is 0.628 bits per heavy atom. The van der Waals surface area contributed by atoms with Crippen LogP contribution < -0.4 is 24.8 Å². The van der Waals surface area contributed by atoms with Gasteiger partial charge in [0.1, 0.15) is 0 Å². The number of hydrogen-bond donors (Lipinski definition) is 0. The molecule has 0 saturated heterocycles. The van der Waals surface area contributed by atoms with E-state index < -0.39 is 28.3 Å². The van der Waals surface area contributed by atoms with Gasteiger partial charge in [0.15, 0.2) is 0 Å². The molecular weight excluding hydrogens is 659 g/mol. The number of halogens is 2. The molecule has 3 aliphatic rings. The van der Waals surface area contributed by atoms with Crippen molar-refractivity contribution in [2.45, 2.75) is 36.5 Å². The van der Waals surface area contributed by atoms with Crippen LogP contribution in [0.2, 0.25) is 13.1 Å². The van der Waals surface area contributed by atoms with Gasteiger partial charge in [0.2, 0.25) is 0 Å². The van der Waals surface area contributed by atoms with Gasteiger partial charge in [-0.2, -0.15) is 0 Å². The smallest absolute Gasteiger partial charge is 1.00 e. The van der Waals surface area contributed by atoms with Crippen molar-refractivity contribution in [3.63, 3.8) is 0 Å². The first-order valence-electron chi connectivity index (χ1n) is 15.1. The predicted molar refractivity (Wildman–Crippen MR) is 176 cm³/mol.